The fourth-order valence-electron chi connectivity index (χ4n) is 3.54. The summed E-state index contributed by atoms with van der Waals surface area (Å²) in [5.74, 6) is -2.24. The molecule has 2 atom stereocenters. The number of nitrogens with zero attached hydrogens (tertiary/aromatic N) is 1. The minimum absolute atomic E-state index is 0.121. The number of carboxylic acids is 1. The number of carboxylic acid groups (broad SMARTS) is 1. The largest absolute Gasteiger partial charge is 0.480 e. The molecule has 3 rings (SSSR count). The topological polar surface area (TPSA) is 78.8 Å². The second-order valence-corrected chi connectivity index (χ2v) is 7.39. The van der Waals surface area contributed by atoms with E-state index in [0.29, 0.717) is 11.4 Å². The van der Waals surface area contributed by atoms with Gasteiger partial charge in [-0.3, -0.25) is 9.59 Å². The van der Waals surface area contributed by atoms with E-state index in [4.69, 9.17) is 11.6 Å². The molecule has 144 valence electrons. The number of rotatable bonds is 5. The zero-order valence-electron chi connectivity index (χ0n) is 15.4. The van der Waals surface area contributed by atoms with Crippen LogP contribution in [-0.2, 0) is 9.59 Å². The van der Waals surface area contributed by atoms with Gasteiger partial charge in [-0.25, -0.2) is 5.43 Å². The van der Waals surface area contributed by atoms with Crippen LogP contribution in [0, 0.1) is 5.41 Å². The normalized spacial score (nSPS) is 21.9. The predicted octanol–water partition coefficient (Wildman–Crippen LogP) is 4.39. The molecule has 0 heterocycles. The van der Waals surface area contributed by atoms with Crippen molar-refractivity contribution < 1.29 is 14.7 Å². The summed E-state index contributed by atoms with van der Waals surface area (Å²) in [6.07, 6.45) is 3.92. The Bertz CT molecular complexity index is 923. The maximum absolute atomic E-state index is 13.0. The number of amides is 1. The van der Waals surface area contributed by atoms with Crippen molar-refractivity contribution in [3.05, 3.63) is 82.4 Å². The molecule has 0 spiro atoms. The van der Waals surface area contributed by atoms with Crippen LogP contribution in [0.4, 0.5) is 0 Å². The van der Waals surface area contributed by atoms with Crippen LogP contribution in [0.5, 0.6) is 0 Å². The van der Waals surface area contributed by atoms with Crippen molar-refractivity contribution in [3.63, 3.8) is 0 Å². The van der Waals surface area contributed by atoms with E-state index < -0.39 is 23.2 Å². The Balaban J connectivity index is 1.89. The van der Waals surface area contributed by atoms with Crippen LogP contribution in [0.15, 0.2) is 71.3 Å². The minimum atomic E-state index is -1.61. The molecule has 2 aromatic carbocycles. The standard InChI is InChI=1S/C22H21ClN2O3/c1-15-11-12-22(21(27)28,19(13-15)17-5-3-2-4-6-17)20(26)25-24-14-16-7-9-18(23)10-8-16/h2-11,14,19H,12-13H2,1H3,(H,25,26)(H,27,28). The van der Waals surface area contributed by atoms with E-state index >= 15 is 0 Å². The molecular formula is C22H21ClN2O3. The summed E-state index contributed by atoms with van der Waals surface area (Å²) in [6.45, 7) is 1.96. The van der Waals surface area contributed by atoms with E-state index in [1.807, 2.05) is 43.3 Å². The van der Waals surface area contributed by atoms with Gasteiger partial charge in [0.1, 0.15) is 0 Å². The van der Waals surface area contributed by atoms with Crippen LogP contribution < -0.4 is 5.43 Å². The molecule has 1 aliphatic carbocycles. The Morgan fingerprint density at radius 3 is 2.50 bits per heavy atom. The summed E-state index contributed by atoms with van der Waals surface area (Å²) in [5, 5.41) is 14.6. The molecule has 28 heavy (non-hydrogen) atoms. The molecule has 5 nitrogen and oxygen atoms in total. The minimum Gasteiger partial charge on any atom is -0.480 e. The number of carbonyl (C=O) groups excluding carboxylic acids is 1. The lowest BCUT2D eigenvalue weighted by molar-refractivity contribution is -0.158. The average Bonchev–Trinajstić information content (AvgIpc) is 2.70. The summed E-state index contributed by atoms with van der Waals surface area (Å²) in [6, 6.07) is 16.2. The second-order valence-electron chi connectivity index (χ2n) is 6.95. The zero-order chi connectivity index (χ0) is 20.1. The monoisotopic (exact) mass is 396 g/mol. The quantitative estimate of drug-likeness (QED) is 0.340. The zero-order valence-corrected chi connectivity index (χ0v) is 16.2. The Labute approximate surface area is 168 Å². The Kier molecular flexibility index (Phi) is 5.95. The molecule has 2 aromatic rings. The van der Waals surface area contributed by atoms with E-state index in [1.54, 1.807) is 24.3 Å². The molecule has 0 bridgehead atoms. The first kappa shape index (κ1) is 19.8. The number of hydrogen-bond acceptors (Lipinski definition) is 3. The number of hydrogen-bond donors (Lipinski definition) is 2. The lowest BCUT2D eigenvalue weighted by atomic mass is 9.64. The first-order valence-corrected chi connectivity index (χ1v) is 9.34. The summed E-state index contributed by atoms with van der Waals surface area (Å²) < 4.78 is 0. The molecule has 1 amide bonds. The third-order valence-electron chi connectivity index (χ3n) is 5.13. The molecule has 0 saturated heterocycles. The summed E-state index contributed by atoms with van der Waals surface area (Å²) in [4.78, 5) is 25.4. The smallest absolute Gasteiger partial charge is 0.320 e. The fraction of sp³-hybridized carbons (Fsp3) is 0.227. The number of aliphatic carboxylic acids is 1. The first-order valence-electron chi connectivity index (χ1n) is 8.96. The summed E-state index contributed by atoms with van der Waals surface area (Å²) in [7, 11) is 0. The van der Waals surface area contributed by atoms with Gasteiger partial charge in [0.25, 0.3) is 5.91 Å². The van der Waals surface area contributed by atoms with Gasteiger partial charge in [0, 0.05) is 10.9 Å². The number of allylic oxidation sites excluding steroid dienone is 2. The Hall–Kier alpha value is -2.92. The highest BCUT2D eigenvalue weighted by atomic mass is 35.5. The van der Waals surface area contributed by atoms with Gasteiger partial charge in [0.15, 0.2) is 5.41 Å². The van der Waals surface area contributed by atoms with E-state index in [2.05, 4.69) is 10.5 Å². The van der Waals surface area contributed by atoms with Crippen molar-refractivity contribution in [1.82, 2.24) is 5.43 Å². The van der Waals surface area contributed by atoms with E-state index in [-0.39, 0.29) is 6.42 Å². The van der Waals surface area contributed by atoms with Gasteiger partial charge in [0.05, 0.1) is 6.21 Å². The summed E-state index contributed by atoms with van der Waals surface area (Å²) >= 11 is 5.85. The number of benzene rings is 2. The fourth-order valence-corrected chi connectivity index (χ4v) is 3.67. The van der Waals surface area contributed by atoms with Gasteiger partial charge < -0.3 is 5.11 Å². The van der Waals surface area contributed by atoms with E-state index in [1.165, 1.54) is 6.21 Å². The van der Waals surface area contributed by atoms with Crippen LogP contribution in [-0.4, -0.2) is 23.2 Å². The maximum atomic E-state index is 13.0. The first-order chi connectivity index (χ1) is 13.4. The summed E-state index contributed by atoms with van der Waals surface area (Å²) in [5.41, 5.74) is 3.47. The average molecular weight is 397 g/mol. The highest BCUT2D eigenvalue weighted by molar-refractivity contribution is 6.30. The van der Waals surface area contributed by atoms with Gasteiger partial charge >= 0.3 is 5.97 Å². The molecule has 6 heteroatoms. The molecule has 0 fully saturated rings. The highest BCUT2D eigenvalue weighted by Crippen LogP contribution is 2.47. The Morgan fingerprint density at radius 2 is 1.86 bits per heavy atom. The van der Waals surface area contributed by atoms with Crippen LogP contribution >= 0.6 is 11.6 Å². The van der Waals surface area contributed by atoms with Crippen molar-refractivity contribution in [1.29, 1.82) is 0 Å². The number of carbonyl (C=O) groups is 2. The SMILES string of the molecule is CC1=CCC(C(=O)O)(C(=O)NN=Cc2ccc(Cl)cc2)C(c2ccccc2)C1. The number of hydrazone groups is 1. The second kappa shape index (κ2) is 8.40. The van der Waals surface area contributed by atoms with Crippen molar-refractivity contribution in [3.8, 4) is 0 Å². The van der Waals surface area contributed by atoms with Crippen molar-refractivity contribution in [2.45, 2.75) is 25.7 Å². The molecule has 2 unspecified atom stereocenters. The lowest BCUT2D eigenvalue weighted by Crippen LogP contribution is -2.50. The predicted molar refractivity (Wildman–Crippen MR) is 109 cm³/mol. The lowest BCUT2D eigenvalue weighted by Gasteiger charge is -2.38. The van der Waals surface area contributed by atoms with Crippen molar-refractivity contribution in [2.75, 3.05) is 0 Å². The van der Waals surface area contributed by atoms with Gasteiger partial charge in [-0.1, -0.05) is 65.7 Å². The molecule has 0 radical (unpaired) electrons. The van der Waals surface area contributed by atoms with E-state index in [9.17, 15) is 14.7 Å². The van der Waals surface area contributed by atoms with E-state index in [0.717, 1.165) is 16.7 Å². The molecule has 0 saturated carbocycles. The van der Waals surface area contributed by atoms with Crippen LogP contribution in [0.25, 0.3) is 0 Å². The van der Waals surface area contributed by atoms with Crippen LogP contribution in [0.3, 0.4) is 0 Å². The number of halogens is 1. The Morgan fingerprint density at radius 1 is 1.18 bits per heavy atom. The molecule has 0 aromatic heterocycles. The highest BCUT2D eigenvalue weighted by Gasteiger charge is 2.53. The van der Waals surface area contributed by atoms with Gasteiger partial charge in [0.2, 0.25) is 0 Å². The van der Waals surface area contributed by atoms with Crippen molar-refractivity contribution in [2.24, 2.45) is 10.5 Å². The maximum Gasteiger partial charge on any atom is 0.320 e. The van der Waals surface area contributed by atoms with Gasteiger partial charge in [-0.05, 0) is 43.0 Å². The third-order valence-corrected chi connectivity index (χ3v) is 5.38. The van der Waals surface area contributed by atoms with Gasteiger partial charge in [-0.2, -0.15) is 5.10 Å². The molecule has 2 N–H and O–H groups in total. The van der Waals surface area contributed by atoms with Crippen LogP contribution in [0.1, 0.15) is 36.8 Å². The van der Waals surface area contributed by atoms with Gasteiger partial charge in [-0.15, -0.1) is 0 Å². The number of nitrogens with one attached hydrogen (secondary N) is 1. The third kappa shape index (κ3) is 3.99. The molecular weight excluding hydrogens is 376 g/mol. The molecule has 1 aliphatic rings. The van der Waals surface area contributed by atoms with Crippen LogP contribution in [0.2, 0.25) is 5.02 Å². The van der Waals surface area contributed by atoms with Crippen molar-refractivity contribution >= 4 is 29.7 Å². The molecule has 0 aliphatic heterocycles.